The van der Waals surface area contributed by atoms with Gasteiger partial charge in [0.15, 0.2) is 5.76 Å². The van der Waals surface area contributed by atoms with Gasteiger partial charge in [-0.05, 0) is 55.3 Å². The lowest BCUT2D eigenvalue weighted by Crippen LogP contribution is -2.14. The highest BCUT2D eigenvalue weighted by Crippen LogP contribution is 2.20. The molecule has 0 spiro atoms. The van der Waals surface area contributed by atoms with E-state index in [9.17, 15) is 9.18 Å². The van der Waals surface area contributed by atoms with Crippen molar-refractivity contribution in [3.05, 3.63) is 83.6 Å². The van der Waals surface area contributed by atoms with Gasteiger partial charge >= 0.3 is 0 Å². The van der Waals surface area contributed by atoms with Crippen molar-refractivity contribution in [2.24, 2.45) is 0 Å². The van der Waals surface area contributed by atoms with Crippen LogP contribution >= 0.6 is 0 Å². The van der Waals surface area contributed by atoms with Crippen molar-refractivity contribution in [1.82, 2.24) is 5.16 Å². The van der Waals surface area contributed by atoms with Gasteiger partial charge < -0.3 is 15.2 Å². The van der Waals surface area contributed by atoms with E-state index in [2.05, 4.69) is 22.7 Å². The maximum absolute atomic E-state index is 13.1. The molecule has 3 rings (SSSR count). The van der Waals surface area contributed by atoms with Gasteiger partial charge in [0.25, 0.3) is 5.91 Å². The zero-order valence-electron chi connectivity index (χ0n) is 15.1. The SMILES string of the molecule is CCc1ccc(NC=C(C(=O)Nc2ccc(F)cc2)c2cc(C)no2)cc1. The molecule has 0 atom stereocenters. The smallest absolute Gasteiger partial charge is 0.261 e. The van der Waals surface area contributed by atoms with E-state index in [1.807, 2.05) is 24.3 Å². The molecule has 1 aromatic heterocycles. The summed E-state index contributed by atoms with van der Waals surface area (Å²) in [7, 11) is 0. The standard InChI is InChI=1S/C21H20FN3O2/c1-3-15-4-8-17(9-5-15)23-13-19(20-12-14(2)25-27-20)21(26)24-18-10-6-16(22)7-11-18/h4-13,23H,3H2,1-2H3,(H,24,26). The monoisotopic (exact) mass is 365 g/mol. The Hall–Kier alpha value is -3.41. The molecule has 1 heterocycles. The zero-order valence-corrected chi connectivity index (χ0v) is 15.1. The molecular weight excluding hydrogens is 345 g/mol. The summed E-state index contributed by atoms with van der Waals surface area (Å²) in [5.41, 5.74) is 3.49. The number of benzene rings is 2. The number of hydrogen-bond donors (Lipinski definition) is 2. The summed E-state index contributed by atoms with van der Waals surface area (Å²) in [5, 5.41) is 9.68. The third-order valence-corrected chi connectivity index (χ3v) is 3.99. The molecule has 5 nitrogen and oxygen atoms in total. The maximum atomic E-state index is 13.1. The Bertz CT molecular complexity index is 944. The molecule has 1 amide bonds. The molecule has 0 aliphatic heterocycles. The van der Waals surface area contributed by atoms with Gasteiger partial charge in [-0.3, -0.25) is 4.79 Å². The molecule has 2 N–H and O–H groups in total. The summed E-state index contributed by atoms with van der Waals surface area (Å²) >= 11 is 0. The fourth-order valence-electron chi connectivity index (χ4n) is 2.46. The van der Waals surface area contributed by atoms with Crippen molar-refractivity contribution in [1.29, 1.82) is 0 Å². The van der Waals surface area contributed by atoms with Crippen molar-refractivity contribution < 1.29 is 13.7 Å². The number of nitrogens with zero attached hydrogens (tertiary/aromatic N) is 1. The highest BCUT2D eigenvalue weighted by atomic mass is 19.1. The number of rotatable bonds is 6. The summed E-state index contributed by atoms with van der Waals surface area (Å²) in [4.78, 5) is 12.7. The molecule has 0 radical (unpaired) electrons. The number of carbonyl (C=O) groups excluding carboxylic acids is 1. The first-order valence-electron chi connectivity index (χ1n) is 8.61. The van der Waals surface area contributed by atoms with E-state index in [1.165, 1.54) is 29.8 Å². The van der Waals surface area contributed by atoms with Crippen LogP contribution < -0.4 is 10.6 Å². The molecule has 2 aromatic carbocycles. The van der Waals surface area contributed by atoms with Gasteiger partial charge in [0.1, 0.15) is 11.4 Å². The van der Waals surface area contributed by atoms with Crippen LogP contribution in [0, 0.1) is 12.7 Å². The summed E-state index contributed by atoms with van der Waals surface area (Å²) in [6.07, 6.45) is 2.53. The van der Waals surface area contributed by atoms with Gasteiger partial charge in [-0.25, -0.2) is 4.39 Å². The van der Waals surface area contributed by atoms with E-state index < -0.39 is 5.91 Å². The molecule has 0 unspecified atom stereocenters. The fraction of sp³-hybridized carbons (Fsp3) is 0.143. The van der Waals surface area contributed by atoms with Crippen LogP contribution in [-0.4, -0.2) is 11.1 Å². The number of carbonyl (C=O) groups is 1. The Kier molecular flexibility index (Phi) is 5.66. The van der Waals surface area contributed by atoms with Crippen LogP contribution in [0.15, 0.2) is 65.3 Å². The Balaban J connectivity index is 1.83. The minimum absolute atomic E-state index is 0.277. The van der Waals surface area contributed by atoms with Gasteiger partial charge in [-0.1, -0.05) is 24.2 Å². The van der Waals surface area contributed by atoms with Gasteiger partial charge in [0, 0.05) is 23.6 Å². The Morgan fingerprint density at radius 2 is 1.78 bits per heavy atom. The predicted molar refractivity (Wildman–Crippen MR) is 104 cm³/mol. The second kappa shape index (κ2) is 8.31. The van der Waals surface area contributed by atoms with Crippen LogP contribution in [0.25, 0.3) is 5.57 Å². The first-order valence-corrected chi connectivity index (χ1v) is 8.61. The lowest BCUT2D eigenvalue weighted by Gasteiger charge is -2.08. The molecule has 0 aliphatic carbocycles. The van der Waals surface area contributed by atoms with Crippen LogP contribution in [0.5, 0.6) is 0 Å². The normalized spacial score (nSPS) is 11.3. The van der Waals surface area contributed by atoms with Crippen LogP contribution in [0.2, 0.25) is 0 Å². The van der Waals surface area contributed by atoms with E-state index in [-0.39, 0.29) is 11.4 Å². The summed E-state index contributed by atoms with van der Waals surface area (Å²) < 4.78 is 18.3. The largest absolute Gasteiger partial charge is 0.361 e. The molecule has 0 bridgehead atoms. The van der Waals surface area contributed by atoms with Crippen LogP contribution in [0.1, 0.15) is 23.9 Å². The van der Waals surface area contributed by atoms with Crippen molar-refractivity contribution in [3.8, 4) is 0 Å². The van der Waals surface area contributed by atoms with Crippen molar-refractivity contribution in [2.75, 3.05) is 10.6 Å². The van der Waals surface area contributed by atoms with Gasteiger partial charge in [0.2, 0.25) is 0 Å². The quantitative estimate of drug-likeness (QED) is 0.617. The van der Waals surface area contributed by atoms with Crippen molar-refractivity contribution in [3.63, 3.8) is 0 Å². The highest BCUT2D eigenvalue weighted by molar-refractivity contribution is 6.24. The third-order valence-electron chi connectivity index (χ3n) is 3.99. The summed E-state index contributed by atoms with van der Waals surface area (Å²) in [5.74, 6) is -0.424. The Morgan fingerprint density at radius 3 is 2.37 bits per heavy atom. The third kappa shape index (κ3) is 4.82. The van der Waals surface area contributed by atoms with E-state index in [4.69, 9.17) is 4.52 Å². The van der Waals surface area contributed by atoms with Crippen molar-refractivity contribution in [2.45, 2.75) is 20.3 Å². The van der Waals surface area contributed by atoms with Crippen LogP contribution in [0.3, 0.4) is 0 Å². The van der Waals surface area contributed by atoms with E-state index in [0.717, 1.165) is 12.1 Å². The lowest BCUT2D eigenvalue weighted by atomic mass is 10.1. The number of anilines is 2. The van der Waals surface area contributed by atoms with Crippen LogP contribution in [-0.2, 0) is 11.2 Å². The maximum Gasteiger partial charge on any atom is 0.261 e. The fourth-order valence-corrected chi connectivity index (χ4v) is 2.46. The molecule has 0 saturated carbocycles. The first kappa shape index (κ1) is 18.4. The number of aromatic nitrogens is 1. The molecular formula is C21H20FN3O2. The van der Waals surface area contributed by atoms with E-state index in [0.29, 0.717) is 17.1 Å². The molecule has 0 aliphatic rings. The Morgan fingerprint density at radius 1 is 1.11 bits per heavy atom. The second-order valence-corrected chi connectivity index (χ2v) is 6.05. The number of hydrogen-bond acceptors (Lipinski definition) is 4. The molecule has 3 aromatic rings. The first-order chi connectivity index (χ1) is 13.0. The molecule has 27 heavy (non-hydrogen) atoms. The average molecular weight is 365 g/mol. The predicted octanol–water partition coefficient (Wildman–Crippen LogP) is 4.78. The zero-order chi connectivity index (χ0) is 19.2. The molecule has 0 fully saturated rings. The van der Waals surface area contributed by atoms with Gasteiger partial charge in [-0.2, -0.15) is 0 Å². The molecule has 138 valence electrons. The topological polar surface area (TPSA) is 67.2 Å². The number of nitrogens with one attached hydrogen (secondary N) is 2. The number of halogens is 1. The Labute approximate surface area is 156 Å². The van der Waals surface area contributed by atoms with Gasteiger partial charge in [0.05, 0.1) is 5.69 Å². The van der Waals surface area contributed by atoms with Crippen LogP contribution in [0.4, 0.5) is 15.8 Å². The average Bonchev–Trinajstić information content (AvgIpc) is 3.10. The molecule has 6 heteroatoms. The summed E-state index contributed by atoms with van der Waals surface area (Å²) in [6, 6.07) is 15.2. The highest BCUT2D eigenvalue weighted by Gasteiger charge is 2.17. The molecule has 0 saturated heterocycles. The van der Waals surface area contributed by atoms with E-state index in [1.54, 1.807) is 19.2 Å². The lowest BCUT2D eigenvalue weighted by molar-refractivity contribution is -0.111. The summed E-state index contributed by atoms with van der Waals surface area (Å²) in [6.45, 7) is 3.87. The van der Waals surface area contributed by atoms with E-state index >= 15 is 0 Å². The minimum atomic E-state index is -0.393. The van der Waals surface area contributed by atoms with Crippen molar-refractivity contribution >= 4 is 22.9 Å². The van der Waals surface area contributed by atoms with Gasteiger partial charge in [-0.15, -0.1) is 0 Å². The minimum Gasteiger partial charge on any atom is -0.361 e. The number of aryl methyl sites for hydroxylation is 2. The number of amides is 1. The second-order valence-electron chi connectivity index (χ2n) is 6.05.